The fourth-order valence-corrected chi connectivity index (χ4v) is 0.518. The van der Waals surface area contributed by atoms with Gasteiger partial charge in [0, 0.05) is 13.7 Å². The van der Waals surface area contributed by atoms with Gasteiger partial charge in [0.2, 0.25) is 5.91 Å². The van der Waals surface area contributed by atoms with Crippen molar-refractivity contribution in [2.24, 2.45) is 0 Å². The van der Waals surface area contributed by atoms with Crippen molar-refractivity contribution in [3.05, 3.63) is 0 Å². The number of ether oxygens (including phenoxy) is 1. The van der Waals surface area contributed by atoms with Crippen LogP contribution in [0, 0.1) is 11.3 Å². The molecule has 0 bridgehead atoms. The van der Waals surface area contributed by atoms with Crippen molar-refractivity contribution >= 4 is 5.91 Å². The summed E-state index contributed by atoms with van der Waals surface area (Å²) >= 11 is 0. The van der Waals surface area contributed by atoms with Crippen LogP contribution in [0.25, 0.3) is 0 Å². The first kappa shape index (κ1) is 10.9. The molecule has 12 heavy (non-hydrogen) atoms. The van der Waals surface area contributed by atoms with Gasteiger partial charge in [-0.15, -0.1) is 0 Å². The maximum Gasteiger partial charge on any atom is 0.234 e. The van der Waals surface area contributed by atoms with Gasteiger partial charge < -0.3 is 10.1 Å². The van der Waals surface area contributed by atoms with Gasteiger partial charge in [0.05, 0.1) is 11.7 Å². The maximum atomic E-state index is 10.8. The summed E-state index contributed by atoms with van der Waals surface area (Å²) in [4.78, 5) is 10.8. The quantitative estimate of drug-likeness (QED) is 0.666. The Balaban J connectivity index is 3.69. The Morgan fingerprint density at radius 1 is 1.67 bits per heavy atom. The SMILES string of the molecule is COC(C)(C)CNC(=O)CC#N. The molecule has 0 radical (unpaired) electrons. The Labute approximate surface area is 72.5 Å². The number of carbonyl (C=O) groups excluding carboxylic acids is 1. The molecule has 4 heteroatoms. The van der Waals surface area contributed by atoms with E-state index in [4.69, 9.17) is 10.00 Å². The molecule has 0 heterocycles. The molecular weight excluding hydrogens is 156 g/mol. The lowest BCUT2D eigenvalue weighted by Gasteiger charge is -2.22. The number of carbonyl (C=O) groups is 1. The molecule has 4 nitrogen and oxygen atoms in total. The summed E-state index contributed by atoms with van der Waals surface area (Å²) in [6.45, 7) is 4.14. The van der Waals surface area contributed by atoms with Crippen LogP contribution < -0.4 is 5.32 Å². The highest BCUT2D eigenvalue weighted by molar-refractivity contribution is 5.77. The van der Waals surface area contributed by atoms with Crippen molar-refractivity contribution in [3.63, 3.8) is 0 Å². The minimum Gasteiger partial charge on any atom is -0.377 e. The largest absolute Gasteiger partial charge is 0.377 e. The lowest BCUT2D eigenvalue weighted by atomic mass is 10.1. The molecule has 0 aliphatic carbocycles. The van der Waals surface area contributed by atoms with Gasteiger partial charge in [0.1, 0.15) is 6.42 Å². The summed E-state index contributed by atoms with van der Waals surface area (Å²) in [5.74, 6) is -0.261. The molecule has 68 valence electrons. The van der Waals surface area contributed by atoms with Gasteiger partial charge >= 0.3 is 0 Å². The molecule has 0 unspecified atom stereocenters. The van der Waals surface area contributed by atoms with Gasteiger partial charge in [-0.1, -0.05) is 0 Å². The topological polar surface area (TPSA) is 62.1 Å². The Hall–Kier alpha value is -1.08. The standard InChI is InChI=1S/C8H14N2O2/c1-8(2,12-3)6-10-7(11)4-5-9/h4,6H2,1-3H3,(H,10,11). The predicted octanol–water partition coefficient (Wildman–Crippen LogP) is 0.441. The van der Waals surface area contributed by atoms with Crippen LogP contribution in [-0.2, 0) is 9.53 Å². The summed E-state index contributed by atoms with van der Waals surface area (Å²) in [6.07, 6.45) is -0.0974. The van der Waals surface area contributed by atoms with Crippen molar-refractivity contribution in [2.75, 3.05) is 13.7 Å². The summed E-state index contributed by atoms with van der Waals surface area (Å²) < 4.78 is 5.07. The molecule has 0 aliphatic heterocycles. The second-order valence-electron chi connectivity index (χ2n) is 3.08. The van der Waals surface area contributed by atoms with Gasteiger partial charge in [-0.05, 0) is 13.8 Å². The van der Waals surface area contributed by atoms with E-state index in [1.807, 2.05) is 13.8 Å². The van der Waals surface area contributed by atoms with Crippen LogP contribution in [0.3, 0.4) is 0 Å². The minimum atomic E-state index is -0.370. The van der Waals surface area contributed by atoms with Crippen LogP contribution in [0.5, 0.6) is 0 Å². The number of amides is 1. The summed E-state index contributed by atoms with van der Waals surface area (Å²) in [7, 11) is 1.58. The number of rotatable bonds is 4. The molecule has 0 saturated carbocycles. The lowest BCUT2D eigenvalue weighted by Crippen LogP contribution is -2.39. The molecule has 0 spiro atoms. The number of nitrogens with zero attached hydrogens (tertiary/aromatic N) is 1. The normalized spacial score (nSPS) is 10.5. The average molecular weight is 170 g/mol. The first-order chi connectivity index (χ1) is 5.52. The molecule has 0 atom stereocenters. The molecule has 0 aromatic carbocycles. The third kappa shape index (κ3) is 4.69. The van der Waals surface area contributed by atoms with E-state index in [0.29, 0.717) is 6.54 Å². The molecule has 1 N–H and O–H groups in total. The van der Waals surface area contributed by atoms with Gasteiger partial charge in [0.15, 0.2) is 0 Å². The zero-order valence-corrected chi connectivity index (χ0v) is 7.68. The molecule has 0 rings (SSSR count). The molecule has 0 aromatic heterocycles. The van der Waals surface area contributed by atoms with Crippen molar-refractivity contribution in [3.8, 4) is 6.07 Å². The van der Waals surface area contributed by atoms with E-state index in [9.17, 15) is 4.79 Å². The van der Waals surface area contributed by atoms with Gasteiger partial charge in [-0.3, -0.25) is 4.79 Å². The van der Waals surface area contributed by atoms with Crippen LogP contribution in [0.15, 0.2) is 0 Å². The first-order valence-corrected chi connectivity index (χ1v) is 3.70. The second kappa shape index (κ2) is 4.73. The van der Waals surface area contributed by atoms with Crippen LogP contribution in [0.1, 0.15) is 20.3 Å². The van der Waals surface area contributed by atoms with Crippen LogP contribution in [0.4, 0.5) is 0 Å². The Bertz CT molecular complexity index is 194. The van der Waals surface area contributed by atoms with Crippen molar-refractivity contribution < 1.29 is 9.53 Å². The Morgan fingerprint density at radius 3 is 2.67 bits per heavy atom. The second-order valence-corrected chi connectivity index (χ2v) is 3.08. The fraction of sp³-hybridized carbons (Fsp3) is 0.750. The summed E-state index contributed by atoms with van der Waals surface area (Å²) in [5.41, 5.74) is -0.370. The smallest absolute Gasteiger partial charge is 0.234 e. The van der Waals surface area contributed by atoms with Gasteiger partial charge in [-0.25, -0.2) is 0 Å². The van der Waals surface area contributed by atoms with E-state index >= 15 is 0 Å². The highest BCUT2D eigenvalue weighted by Gasteiger charge is 2.16. The fourth-order valence-electron chi connectivity index (χ4n) is 0.518. The molecule has 1 amide bonds. The Morgan fingerprint density at radius 2 is 2.25 bits per heavy atom. The third-order valence-electron chi connectivity index (χ3n) is 1.50. The van der Waals surface area contributed by atoms with Crippen LogP contribution in [-0.4, -0.2) is 25.2 Å². The van der Waals surface area contributed by atoms with E-state index in [-0.39, 0.29) is 17.9 Å². The number of nitriles is 1. The van der Waals surface area contributed by atoms with E-state index in [1.54, 1.807) is 13.2 Å². The number of hydrogen-bond donors (Lipinski definition) is 1. The lowest BCUT2D eigenvalue weighted by molar-refractivity contribution is -0.121. The van der Waals surface area contributed by atoms with Crippen molar-refractivity contribution in [1.29, 1.82) is 5.26 Å². The third-order valence-corrected chi connectivity index (χ3v) is 1.50. The molecule has 0 fully saturated rings. The maximum absolute atomic E-state index is 10.8. The first-order valence-electron chi connectivity index (χ1n) is 3.70. The highest BCUT2D eigenvalue weighted by atomic mass is 16.5. The van der Waals surface area contributed by atoms with E-state index in [2.05, 4.69) is 5.32 Å². The molecule has 0 aromatic rings. The Kier molecular flexibility index (Phi) is 4.30. The van der Waals surface area contributed by atoms with E-state index in [1.165, 1.54) is 0 Å². The highest BCUT2D eigenvalue weighted by Crippen LogP contribution is 2.04. The van der Waals surface area contributed by atoms with E-state index < -0.39 is 0 Å². The minimum absolute atomic E-state index is 0.0974. The summed E-state index contributed by atoms with van der Waals surface area (Å²) in [5, 5.41) is 10.8. The average Bonchev–Trinajstić information content (AvgIpc) is 2.02. The van der Waals surface area contributed by atoms with Crippen molar-refractivity contribution in [2.45, 2.75) is 25.9 Å². The monoisotopic (exact) mass is 170 g/mol. The van der Waals surface area contributed by atoms with Gasteiger partial charge in [-0.2, -0.15) is 5.26 Å². The number of hydrogen-bond acceptors (Lipinski definition) is 3. The number of nitrogens with one attached hydrogen (secondary N) is 1. The van der Waals surface area contributed by atoms with Crippen molar-refractivity contribution in [1.82, 2.24) is 5.32 Å². The number of methoxy groups -OCH3 is 1. The molecular formula is C8H14N2O2. The zero-order chi connectivity index (χ0) is 9.61. The summed E-state index contributed by atoms with van der Waals surface area (Å²) in [6, 6.07) is 1.77. The van der Waals surface area contributed by atoms with Crippen LogP contribution in [0.2, 0.25) is 0 Å². The molecule has 0 saturated heterocycles. The zero-order valence-electron chi connectivity index (χ0n) is 7.68. The van der Waals surface area contributed by atoms with E-state index in [0.717, 1.165) is 0 Å². The predicted molar refractivity (Wildman–Crippen MR) is 44.3 cm³/mol. The van der Waals surface area contributed by atoms with Crippen LogP contribution >= 0.6 is 0 Å². The molecule has 0 aliphatic rings. The van der Waals surface area contributed by atoms with Gasteiger partial charge in [0.25, 0.3) is 0 Å².